The van der Waals surface area contributed by atoms with Crippen LogP contribution in [0.25, 0.3) is 0 Å². The summed E-state index contributed by atoms with van der Waals surface area (Å²) < 4.78 is 0. The molecule has 3 rings (SSSR count). The highest BCUT2D eigenvalue weighted by molar-refractivity contribution is 7.14. The molecule has 2 heterocycles. The van der Waals surface area contributed by atoms with Gasteiger partial charge in [0, 0.05) is 17.5 Å². The van der Waals surface area contributed by atoms with E-state index in [2.05, 4.69) is 20.7 Å². The van der Waals surface area contributed by atoms with Crippen LogP contribution in [0.3, 0.4) is 0 Å². The molecule has 0 aliphatic heterocycles. The van der Waals surface area contributed by atoms with Gasteiger partial charge in [-0.05, 0) is 18.9 Å². The summed E-state index contributed by atoms with van der Waals surface area (Å²) in [6, 6.07) is 1.51. The Morgan fingerprint density at radius 2 is 2.30 bits per heavy atom. The van der Waals surface area contributed by atoms with E-state index in [1.165, 1.54) is 36.4 Å². The summed E-state index contributed by atoms with van der Waals surface area (Å²) in [5, 5.41) is 5.61. The lowest BCUT2D eigenvalue weighted by molar-refractivity contribution is 0.102. The number of nitrogens with one attached hydrogen (secondary N) is 2. The molecular weight excluding hydrogens is 298 g/mol. The van der Waals surface area contributed by atoms with Crippen molar-refractivity contribution in [2.24, 2.45) is 5.84 Å². The minimum atomic E-state index is -0.292. The first-order valence-corrected chi connectivity index (χ1v) is 7.32. The Balaban J connectivity index is 1.72. The minimum absolute atomic E-state index is 0.290. The number of aromatic nitrogens is 2. The topological polar surface area (TPSA) is 92.9 Å². The van der Waals surface area contributed by atoms with Gasteiger partial charge >= 0.3 is 0 Å². The molecule has 2 aromatic heterocycles. The molecule has 104 valence electrons. The third-order valence-corrected chi connectivity index (χ3v) is 4.04. The fourth-order valence-corrected chi connectivity index (χ4v) is 2.76. The normalized spacial score (nSPS) is 14.1. The van der Waals surface area contributed by atoms with Crippen LogP contribution in [0.4, 0.5) is 10.9 Å². The number of hydrazine groups is 1. The van der Waals surface area contributed by atoms with E-state index in [9.17, 15) is 4.79 Å². The molecule has 0 saturated heterocycles. The van der Waals surface area contributed by atoms with Gasteiger partial charge in [-0.3, -0.25) is 10.1 Å². The van der Waals surface area contributed by atoms with Crippen molar-refractivity contribution in [3.05, 3.63) is 33.9 Å². The number of halogens is 1. The number of carbonyl (C=O) groups is 1. The Bertz CT molecular complexity index is 655. The summed E-state index contributed by atoms with van der Waals surface area (Å²) in [5.41, 5.74) is 3.77. The van der Waals surface area contributed by atoms with E-state index in [1.807, 2.05) is 5.38 Å². The van der Waals surface area contributed by atoms with Crippen molar-refractivity contribution in [3.8, 4) is 0 Å². The monoisotopic (exact) mass is 309 g/mol. The molecule has 4 N–H and O–H groups in total. The number of nitrogens with zero attached hydrogens (tertiary/aromatic N) is 2. The van der Waals surface area contributed by atoms with Gasteiger partial charge < -0.3 is 5.43 Å². The lowest BCUT2D eigenvalue weighted by Gasteiger charge is -2.05. The van der Waals surface area contributed by atoms with Crippen molar-refractivity contribution in [1.82, 2.24) is 9.97 Å². The Labute approximate surface area is 124 Å². The second-order valence-corrected chi connectivity index (χ2v) is 5.77. The summed E-state index contributed by atoms with van der Waals surface area (Å²) in [4.78, 5) is 20.4. The second-order valence-electron chi connectivity index (χ2n) is 4.50. The highest BCUT2D eigenvalue weighted by atomic mass is 35.5. The van der Waals surface area contributed by atoms with Crippen LogP contribution in [0.5, 0.6) is 0 Å². The van der Waals surface area contributed by atoms with Crippen molar-refractivity contribution in [2.45, 2.75) is 18.8 Å². The summed E-state index contributed by atoms with van der Waals surface area (Å²) >= 11 is 7.36. The fourth-order valence-electron chi connectivity index (χ4n) is 1.75. The molecule has 1 fully saturated rings. The molecule has 0 spiro atoms. The molecule has 20 heavy (non-hydrogen) atoms. The minimum Gasteiger partial charge on any atom is -0.307 e. The maximum atomic E-state index is 12.1. The van der Waals surface area contributed by atoms with Gasteiger partial charge in [-0.15, -0.1) is 11.3 Å². The molecule has 1 saturated carbocycles. The van der Waals surface area contributed by atoms with Gasteiger partial charge in [0.15, 0.2) is 10.9 Å². The Morgan fingerprint density at radius 3 is 2.95 bits per heavy atom. The number of rotatable bonds is 4. The van der Waals surface area contributed by atoms with Gasteiger partial charge in [0.25, 0.3) is 5.91 Å². The van der Waals surface area contributed by atoms with Gasteiger partial charge in [-0.2, -0.15) is 0 Å². The van der Waals surface area contributed by atoms with E-state index in [-0.39, 0.29) is 10.9 Å². The summed E-state index contributed by atoms with van der Waals surface area (Å²) in [6.45, 7) is 0. The molecule has 1 aliphatic carbocycles. The number of amides is 1. The molecule has 6 nitrogen and oxygen atoms in total. The van der Waals surface area contributed by atoms with Crippen molar-refractivity contribution in [3.63, 3.8) is 0 Å². The number of nitrogen functional groups attached to an aromatic ring is 1. The van der Waals surface area contributed by atoms with E-state index < -0.39 is 0 Å². The molecule has 0 atom stereocenters. The highest BCUT2D eigenvalue weighted by Crippen LogP contribution is 2.40. The van der Waals surface area contributed by atoms with E-state index in [1.54, 1.807) is 0 Å². The third-order valence-electron chi connectivity index (χ3n) is 2.98. The SMILES string of the molecule is NNc1ncc(C(=O)Nc2nc(C3CC3)cs2)cc1Cl. The van der Waals surface area contributed by atoms with Gasteiger partial charge in [0.05, 0.1) is 16.3 Å². The first kappa shape index (κ1) is 13.3. The zero-order valence-corrected chi connectivity index (χ0v) is 12.0. The molecule has 1 aliphatic rings. The number of anilines is 2. The van der Waals surface area contributed by atoms with Crippen LogP contribution in [-0.2, 0) is 0 Å². The maximum Gasteiger partial charge on any atom is 0.259 e. The Kier molecular flexibility index (Phi) is 3.56. The fraction of sp³-hybridized carbons (Fsp3) is 0.250. The van der Waals surface area contributed by atoms with Gasteiger partial charge in [-0.1, -0.05) is 11.6 Å². The van der Waals surface area contributed by atoms with E-state index in [0.717, 1.165) is 5.69 Å². The van der Waals surface area contributed by atoms with Crippen LogP contribution in [0.15, 0.2) is 17.6 Å². The lowest BCUT2D eigenvalue weighted by atomic mass is 10.2. The average molecular weight is 310 g/mol. The highest BCUT2D eigenvalue weighted by Gasteiger charge is 2.26. The molecule has 0 unspecified atom stereocenters. The third kappa shape index (κ3) is 2.74. The van der Waals surface area contributed by atoms with Crippen LogP contribution in [0.1, 0.15) is 34.8 Å². The zero-order valence-electron chi connectivity index (χ0n) is 10.4. The van der Waals surface area contributed by atoms with E-state index >= 15 is 0 Å². The molecule has 8 heteroatoms. The second kappa shape index (κ2) is 5.35. The molecule has 1 amide bonds. The van der Waals surface area contributed by atoms with Crippen molar-refractivity contribution >= 4 is 39.8 Å². The maximum absolute atomic E-state index is 12.1. The Hall–Kier alpha value is -1.70. The van der Waals surface area contributed by atoms with Crippen LogP contribution in [-0.4, -0.2) is 15.9 Å². The smallest absolute Gasteiger partial charge is 0.259 e. The summed E-state index contributed by atoms with van der Waals surface area (Å²) in [5.74, 6) is 5.84. The number of hydrogen-bond acceptors (Lipinski definition) is 6. The number of pyridine rings is 1. The zero-order chi connectivity index (χ0) is 14.1. The molecular formula is C12H12ClN5OS. The van der Waals surface area contributed by atoms with Crippen LogP contribution in [0.2, 0.25) is 5.02 Å². The lowest BCUT2D eigenvalue weighted by Crippen LogP contribution is -2.14. The van der Waals surface area contributed by atoms with Crippen LogP contribution < -0.4 is 16.6 Å². The molecule has 0 aromatic carbocycles. The van der Waals surface area contributed by atoms with Gasteiger partial charge in [0.1, 0.15) is 0 Å². The number of hydrogen-bond donors (Lipinski definition) is 3. The van der Waals surface area contributed by atoms with Crippen molar-refractivity contribution < 1.29 is 4.79 Å². The van der Waals surface area contributed by atoms with Crippen LogP contribution in [0, 0.1) is 0 Å². The number of nitrogens with two attached hydrogens (primary N) is 1. The average Bonchev–Trinajstić information content (AvgIpc) is 3.19. The number of carbonyl (C=O) groups excluding carboxylic acids is 1. The van der Waals surface area contributed by atoms with E-state index in [4.69, 9.17) is 17.4 Å². The summed E-state index contributed by atoms with van der Waals surface area (Å²) in [7, 11) is 0. The first-order chi connectivity index (χ1) is 9.67. The largest absolute Gasteiger partial charge is 0.307 e. The predicted octanol–water partition coefficient (Wildman–Crippen LogP) is 2.61. The summed E-state index contributed by atoms with van der Waals surface area (Å²) in [6.07, 6.45) is 3.78. The Morgan fingerprint density at radius 1 is 1.50 bits per heavy atom. The van der Waals surface area contributed by atoms with Crippen LogP contribution >= 0.6 is 22.9 Å². The van der Waals surface area contributed by atoms with E-state index in [0.29, 0.717) is 22.4 Å². The quantitative estimate of drug-likeness (QED) is 0.596. The predicted molar refractivity (Wildman–Crippen MR) is 79.1 cm³/mol. The standard InChI is InChI=1S/C12H12ClN5OS/c13-8-3-7(4-15-10(8)18-14)11(19)17-12-16-9(5-20-12)6-1-2-6/h3-6H,1-2,14H2,(H,15,18)(H,16,17,19). The van der Waals surface area contributed by atoms with Crippen molar-refractivity contribution in [1.29, 1.82) is 0 Å². The van der Waals surface area contributed by atoms with Gasteiger partial charge in [0.2, 0.25) is 0 Å². The van der Waals surface area contributed by atoms with Crippen molar-refractivity contribution in [2.75, 3.05) is 10.7 Å². The molecule has 2 aromatic rings. The first-order valence-electron chi connectivity index (χ1n) is 6.06. The molecule has 0 bridgehead atoms. The molecule has 0 radical (unpaired) electrons. The number of thiazole rings is 1. The van der Waals surface area contributed by atoms with Gasteiger partial charge in [-0.25, -0.2) is 15.8 Å².